The van der Waals surface area contributed by atoms with E-state index in [0.717, 1.165) is 12.8 Å². The van der Waals surface area contributed by atoms with Crippen LogP contribution in [-0.4, -0.2) is 40.3 Å². The summed E-state index contributed by atoms with van der Waals surface area (Å²) in [5.41, 5.74) is 0.201. The van der Waals surface area contributed by atoms with E-state index in [2.05, 4.69) is 5.16 Å². The van der Waals surface area contributed by atoms with Crippen molar-refractivity contribution in [1.29, 1.82) is 0 Å². The minimum absolute atomic E-state index is 0.102. The third-order valence-corrected chi connectivity index (χ3v) is 3.97. The quantitative estimate of drug-likeness (QED) is 0.902. The molecule has 0 radical (unpaired) electrons. The fourth-order valence-electron chi connectivity index (χ4n) is 2.49. The average Bonchev–Trinajstić information content (AvgIpc) is 2.88. The lowest BCUT2D eigenvalue weighted by Gasteiger charge is -2.36. The molecule has 2 unspecified atom stereocenters. The van der Waals surface area contributed by atoms with E-state index >= 15 is 0 Å². The standard InChI is InChI=1S/C15H24N2O3/c1-10-5-6-11(9-18)8-17(10)14(19)12-7-13(20-16-12)15(2,3)4/h7,10-11,18H,5-6,8-9H2,1-4H3. The van der Waals surface area contributed by atoms with E-state index in [1.165, 1.54) is 0 Å². The zero-order chi connectivity index (χ0) is 14.9. The molecule has 1 fully saturated rings. The number of rotatable bonds is 2. The lowest BCUT2D eigenvalue weighted by atomic mass is 9.92. The summed E-state index contributed by atoms with van der Waals surface area (Å²) in [7, 11) is 0. The molecule has 5 nitrogen and oxygen atoms in total. The molecule has 2 heterocycles. The van der Waals surface area contributed by atoms with Gasteiger partial charge in [-0.3, -0.25) is 4.79 Å². The Morgan fingerprint density at radius 2 is 2.20 bits per heavy atom. The predicted molar refractivity (Wildman–Crippen MR) is 75.5 cm³/mol. The van der Waals surface area contributed by atoms with E-state index in [4.69, 9.17) is 4.52 Å². The van der Waals surface area contributed by atoms with Crippen molar-refractivity contribution < 1.29 is 14.4 Å². The molecule has 0 aliphatic carbocycles. The Balaban J connectivity index is 2.15. The van der Waals surface area contributed by atoms with Crippen molar-refractivity contribution in [1.82, 2.24) is 10.1 Å². The summed E-state index contributed by atoms with van der Waals surface area (Å²) in [4.78, 5) is 14.3. The van der Waals surface area contributed by atoms with E-state index in [-0.39, 0.29) is 29.9 Å². The first kappa shape index (κ1) is 15.0. The fourth-order valence-corrected chi connectivity index (χ4v) is 2.49. The molecule has 5 heteroatoms. The van der Waals surface area contributed by atoms with E-state index < -0.39 is 0 Å². The lowest BCUT2D eigenvalue weighted by Crippen LogP contribution is -2.46. The number of amides is 1. The number of likely N-dealkylation sites (tertiary alicyclic amines) is 1. The van der Waals surface area contributed by atoms with Crippen molar-refractivity contribution in [3.63, 3.8) is 0 Å². The monoisotopic (exact) mass is 280 g/mol. The molecule has 20 heavy (non-hydrogen) atoms. The summed E-state index contributed by atoms with van der Waals surface area (Å²) < 4.78 is 5.28. The summed E-state index contributed by atoms with van der Waals surface area (Å²) in [5.74, 6) is 0.781. The Labute approximate surface area is 119 Å². The van der Waals surface area contributed by atoms with Crippen LogP contribution in [0.25, 0.3) is 0 Å². The zero-order valence-electron chi connectivity index (χ0n) is 12.7. The van der Waals surface area contributed by atoms with Gasteiger partial charge in [-0.2, -0.15) is 0 Å². The molecule has 0 spiro atoms. The van der Waals surface area contributed by atoms with E-state index in [1.807, 2.05) is 27.7 Å². The number of hydrogen-bond donors (Lipinski definition) is 1. The lowest BCUT2D eigenvalue weighted by molar-refractivity contribution is 0.0479. The summed E-state index contributed by atoms with van der Waals surface area (Å²) in [5, 5.41) is 13.2. The second-order valence-electron chi connectivity index (χ2n) is 6.76. The molecule has 1 aliphatic heterocycles. The van der Waals surface area contributed by atoms with E-state index in [1.54, 1.807) is 11.0 Å². The summed E-state index contributed by atoms with van der Waals surface area (Å²) in [6.45, 7) is 8.82. The van der Waals surface area contributed by atoms with Gasteiger partial charge >= 0.3 is 0 Å². The molecule has 1 N–H and O–H groups in total. The maximum absolute atomic E-state index is 12.5. The van der Waals surface area contributed by atoms with Crippen molar-refractivity contribution in [3.8, 4) is 0 Å². The van der Waals surface area contributed by atoms with Gasteiger partial charge in [-0.15, -0.1) is 0 Å². The first-order valence-electron chi connectivity index (χ1n) is 7.22. The van der Waals surface area contributed by atoms with Crippen molar-refractivity contribution >= 4 is 5.91 Å². The van der Waals surface area contributed by atoms with Gasteiger partial charge in [-0.1, -0.05) is 25.9 Å². The fraction of sp³-hybridized carbons (Fsp3) is 0.733. The molecule has 0 saturated carbocycles. The maximum Gasteiger partial charge on any atom is 0.276 e. The Morgan fingerprint density at radius 1 is 1.50 bits per heavy atom. The minimum Gasteiger partial charge on any atom is -0.396 e. The van der Waals surface area contributed by atoms with Crippen LogP contribution in [0.2, 0.25) is 0 Å². The molecule has 112 valence electrons. The first-order valence-corrected chi connectivity index (χ1v) is 7.22. The van der Waals surface area contributed by atoms with Crippen molar-refractivity contribution in [2.75, 3.05) is 13.2 Å². The van der Waals surface area contributed by atoms with Crippen LogP contribution in [0.15, 0.2) is 10.6 Å². The van der Waals surface area contributed by atoms with Crippen LogP contribution in [0.3, 0.4) is 0 Å². The van der Waals surface area contributed by atoms with Gasteiger partial charge in [-0.25, -0.2) is 0 Å². The van der Waals surface area contributed by atoms with Crippen LogP contribution >= 0.6 is 0 Å². The second kappa shape index (κ2) is 5.56. The molecular formula is C15H24N2O3. The number of hydrogen-bond acceptors (Lipinski definition) is 4. The van der Waals surface area contributed by atoms with Gasteiger partial charge in [0.05, 0.1) is 0 Å². The molecule has 2 atom stereocenters. The number of nitrogens with zero attached hydrogens (tertiary/aromatic N) is 2. The number of aliphatic hydroxyl groups is 1. The smallest absolute Gasteiger partial charge is 0.276 e. The highest BCUT2D eigenvalue weighted by atomic mass is 16.5. The van der Waals surface area contributed by atoms with Crippen molar-refractivity contribution in [2.24, 2.45) is 5.92 Å². The molecular weight excluding hydrogens is 256 g/mol. The highest BCUT2D eigenvalue weighted by molar-refractivity contribution is 5.92. The van der Waals surface area contributed by atoms with Gasteiger partial charge in [0, 0.05) is 30.7 Å². The molecule has 2 rings (SSSR count). The normalized spacial score (nSPS) is 23.9. The largest absolute Gasteiger partial charge is 0.396 e. The van der Waals surface area contributed by atoms with E-state index in [9.17, 15) is 9.90 Å². The summed E-state index contributed by atoms with van der Waals surface area (Å²) in [6, 6.07) is 1.91. The zero-order valence-corrected chi connectivity index (χ0v) is 12.7. The number of carbonyl (C=O) groups is 1. The summed E-state index contributed by atoms with van der Waals surface area (Å²) >= 11 is 0. The Morgan fingerprint density at radius 3 is 2.75 bits per heavy atom. The second-order valence-corrected chi connectivity index (χ2v) is 6.76. The average molecular weight is 280 g/mol. The van der Waals surface area contributed by atoms with Crippen LogP contribution in [0.5, 0.6) is 0 Å². The number of carbonyl (C=O) groups excluding carboxylic acids is 1. The Kier molecular flexibility index (Phi) is 4.18. The summed E-state index contributed by atoms with van der Waals surface area (Å²) in [6.07, 6.45) is 1.88. The molecule has 1 aromatic heterocycles. The third kappa shape index (κ3) is 3.03. The number of aliphatic hydroxyl groups excluding tert-OH is 1. The molecule has 1 aliphatic rings. The topological polar surface area (TPSA) is 66.6 Å². The highest BCUT2D eigenvalue weighted by Gasteiger charge is 2.31. The number of piperidine rings is 1. The van der Waals surface area contributed by atoms with Gasteiger partial charge in [-0.05, 0) is 25.7 Å². The van der Waals surface area contributed by atoms with Crippen LogP contribution in [0.4, 0.5) is 0 Å². The molecule has 1 saturated heterocycles. The SMILES string of the molecule is CC1CCC(CO)CN1C(=O)c1cc(C(C)(C)C)on1. The van der Waals surface area contributed by atoms with Gasteiger partial charge in [0.2, 0.25) is 0 Å². The Bertz CT molecular complexity index is 476. The minimum atomic E-state index is -0.160. The van der Waals surface area contributed by atoms with Gasteiger partial charge < -0.3 is 14.5 Å². The van der Waals surface area contributed by atoms with Gasteiger partial charge in [0.25, 0.3) is 5.91 Å². The number of aromatic nitrogens is 1. The van der Waals surface area contributed by atoms with Crippen LogP contribution < -0.4 is 0 Å². The molecule has 1 amide bonds. The molecule has 0 aromatic carbocycles. The van der Waals surface area contributed by atoms with Gasteiger partial charge in [0.15, 0.2) is 5.69 Å². The molecule has 0 bridgehead atoms. The van der Waals surface area contributed by atoms with E-state index in [0.29, 0.717) is 18.0 Å². The third-order valence-electron chi connectivity index (χ3n) is 3.97. The van der Waals surface area contributed by atoms with Crippen LogP contribution in [-0.2, 0) is 5.41 Å². The first-order chi connectivity index (χ1) is 9.32. The predicted octanol–water partition coefficient (Wildman–Crippen LogP) is 2.21. The van der Waals surface area contributed by atoms with Crippen molar-refractivity contribution in [3.05, 3.63) is 17.5 Å². The molecule has 1 aromatic rings. The maximum atomic E-state index is 12.5. The Hall–Kier alpha value is -1.36. The van der Waals surface area contributed by atoms with Crippen molar-refractivity contribution in [2.45, 2.75) is 52.0 Å². The van der Waals surface area contributed by atoms with Crippen LogP contribution in [0, 0.1) is 5.92 Å². The highest BCUT2D eigenvalue weighted by Crippen LogP contribution is 2.26. The van der Waals surface area contributed by atoms with Gasteiger partial charge in [0.1, 0.15) is 5.76 Å². The van der Waals surface area contributed by atoms with Crippen LogP contribution in [0.1, 0.15) is 56.8 Å².